The Kier molecular flexibility index (Phi) is 22.3. The Hall–Kier alpha value is -1.18. The number of esters is 2. The van der Waals surface area contributed by atoms with Gasteiger partial charge in [-0.1, -0.05) is 0 Å². The van der Waals surface area contributed by atoms with Crippen molar-refractivity contribution in [3.8, 4) is 0 Å². The van der Waals surface area contributed by atoms with E-state index in [1.807, 2.05) is 0 Å². The van der Waals surface area contributed by atoms with Crippen LogP contribution in [0.4, 0.5) is 0 Å². The smallest absolute Gasteiger partial charge is 0.303 e. The van der Waals surface area contributed by atoms with Gasteiger partial charge in [0, 0.05) is 28.1 Å². The van der Waals surface area contributed by atoms with Crippen molar-refractivity contribution >= 4 is 11.9 Å². The highest BCUT2D eigenvalue weighted by Gasteiger charge is 2.06. The van der Waals surface area contributed by atoms with Crippen molar-refractivity contribution in [2.24, 2.45) is 0 Å². The van der Waals surface area contributed by atoms with Crippen molar-refractivity contribution in [1.29, 1.82) is 0 Å². The Bertz CT molecular complexity index is 192. The Morgan fingerprint density at radius 2 is 1.67 bits per heavy atom. The molecule has 1 unspecified atom stereocenters. The predicted molar refractivity (Wildman–Crippen MR) is 65.0 cm³/mol. The molecular weight excluding hydrogens is 244 g/mol. The standard InChI is InChI=1S/C7H12O4.C3H8O2.CH4O/c1-5(11-7(3)9)4-10-6(2)8;1-5-3-2-4;1-2/h5H,4H2,1-3H3;4H,2-3H2,1H3;2H,1H3. The maximum Gasteiger partial charge on any atom is 0.303 e. The van der Waals surface area contributed by atoms with Gasteiger partial charge in [0.15, 0.2) is 0 Å². The van der Waals surface area contributed by atoms with Gasteiger partial charge < -0.3 is 24.4 Å². The molecule has 0 bridgehead atoms. The average molecular weight is 268 g/mol. The molecule has 0 heterocycles. The SMILES string of the molecule is CC(=O)OCC(C)OC(C)=O.CO.COCCO. The van der Waals surface area contributed by atoms with E-state index >= 15 is 0 Å². The largest absolute Gasteiger partial charge is 0.462 e. The van der Waals surface area contributed by atoms with Gasteiger partial charge in [0.2, 0.25) is 0 Å². The van der Waals surface area contributed by atoms with Crippen molar-refractivity contribution in [2.45, 2.75) is 26.9 Å². The number of aliphatic hydroxyl groups excluding tert-OH is 2. The first kappa shape index (κ1) is 22.0. The molecule has 0 aromatic heterocycles. The maximum absolute atomic E-state index is 10.3. The highest BCUT2D eigenvalue weighted by Crippen LogP contribution is 1.92. The number of methoxy groups -OCH3 is 1. The number of carbonyl (C=O) groups excluding carboxylic acids is 2. The molecule has 0 amide bonds. The Morgan fingerprint density at radius 1 is 1.17 bits per heavy atom. The summed E-state index contributed by atoms with van der Waals surface area (Å²) in [5.41, 5.74) is 0. The monoisotopic (exact) mass is 268 g/mol. The fourth-order valence-corrected chi connectivity index (χ4v) is 0.643. The fourth-order valence-electron chi connectivity index (χ4n) is 0.643. The number of aliphatic hydroxyl groups is 2. The third-order valence-electron chi connectivity index (χ3n) is 1.18. The molecule has 18 heavy (non-hydrogen) atoms. The van der Waals surface area contributed by atoms with Crippen molar-refractivity contribution in [3.63, 3.8) is 0 Å². The third kappa shape index (κ3) is 29.4. The topological polar surface area (TPSA) is 102 Å². The van der Waals surface area contributed by atoms with Crippen LogP contribution >= 0.6 is 0 Å². The lowest BCUT2D eigenvalue weighted by Gasteiger charge is -2.10. The van der Waals surface area contributed by atoms with Gasteiger partial charge >= 0.3 is 11.9 Å². The van der Waals surface area contributed by atoms with Crippen LogP contribution in [0.15, 0.2) is 0 Å². The molecule has 0 aliphatic carbocycles. The molecule has 1 atom stereocenters. The molecule has 0 aliphatic heterocycles. The van der Waals surface area contributed by atoms with Crippen LogP contribution in [0, 0.1) is 0 Å². The highest BCUT2D eigenvalue weighted by molar-refractivity contribution is 5.67. The van der Waals surface area contributed by atoms with E-state index in [2.05, 4.69) is 14.2 Å². The molecule has 7 nitrogen and oxygen atoms in total. The molecule has 110 valence electrons. The van der Waals surface area contributed by atoms with Crippen LogP contribution < -0.4 is 0 Å². The molecule has 2 N–H and O–H groups in total. The van der Waals surface area contributed by atoms with Gasteiger partial charge in [-0.25, -0.2) is 0 Å². The fraction of sp³-hybridized carbons (Fsp3) is 0.818. The van der Waals surface area contributed by atoms with E-state index < -0.39 is 0 Å². The lowest BCUT2D eigenvalue weighted by molar-refractivity contribution is -0.155. The van der Waals surface area contributed by atoms with E-state index in [0.29, 0.717) is 6.61 Å². The molecule has 0 saturated carbocycles. The van der Waals surface area contributed by atoms with Crippen LogP contribution in [0.1, 0.15) is 20.8 Å². The van der Waals surface area contributed by atoms with Gasteiger partial charge in [0.25, 0.3) is 0 Å². The maximum atomic E-state index is 10.3. The summed E-state index contributed by atoms with van der Waals surface area (Å²) >= 11 is 0. The van der Waals surface area contributed by atoms with E-state index in [1.54, 1.807) is 14.0 Å². The van der Waals surface area contributed by atoms with Gasteiger partial charge in [-0.15, -0.1) is 0 Å². The number of rotatable bonds is 5. The van der Waals surface area contributed by atoms with E-state index in [-0.39, 0.29) is 31.3 Å². The summed E-state index contributed by atoms with van der Waals surface area (Å²) < 4.78 is 13.7. The predicted octanol–water partition coefficient (Wildman–Crippen LogP) is -0.265. The molecule has 0 radical (unpaired) electrons. The number of hydrogen-bond donors (Lipinski definition) is 2. The van der Waals surface area contributed by atoms with Crippen LogP contribution in [0.25, 0.3) is 0 Å². The highest BCUT2D eigenvalue weighted by atomic mass is 16.6. The van der Waals surface area contributed by atoms with E-state index in [0.717, 1.165) is 7.11 Å². The minimum Gasteiger partial charge on any atom is -0.462 e. The van der Waals surface area contributed by atoms with Crippen molar-refractivity contribution < 1.29 is 34.0 Å². The van der Waals surface area contributed by atoms with Crippen LogP contribution in [-0.2, 0) is 23.8 Å². The van der Waals surface area contributed by atoms with Gasteiger partial charge in [-0.3, -0.25) is 9.59 Å². The third-order valence-corrected chi connectivity index (χ3v) is 1.18. The number of carbonyl (C=O) groups is 2. The summed E-state index contributed by atoms with van der Waals surface area (Å²) in [5, 5.41) is 14.9. The molecule has 0 aromatic rings. The van der Waals surface area contributed by atoms with Crippen molar-refractivity contribution in [2.75, 3.05) is 34.0 Å². The van der Waals surface area contributed by atoms with Crippen LogP contribution in [0.2, 0.25) is 0 Å². The number of ether oxygens (including phenoxy) is 3. The normalized spacial score (nSPS) is 9.94. The molecular formula is C11H24O7. The zero-order valence-electron chi connectivity index (χ0n) is 11.6. The molecule has 0 saturated heterocycles. The lowest BCUT2D eigenvalue weighted by atomic mass is 10.4. The van der Waals surface area contributed by atoms with E-state index in [1.165, 1.54) is 13.8 Å². The summed E-state index contributed by atoms with van der Waals surface area (Å²) in [4.78, 5) is 20.6. The first-order valence-corrected chi connectivity index (χ1v) is 5.29. The molecule has 0 aliphatic rings. The molecule has 7 heteroatoms. The summed E-state index contributed by atoms with van der Waals surface area (Å²) in [6, 6.07) is 0. The van der Waals surface area contributed by atoms with Crippen LogP contribution in [0.3, 0.4) is 0 Å². The molecule has 0 rings (SSSR count). The second-order valence-corrected chi connectivity index (χ2v) is 2.94. The van der Waals surface area contributed by atoms with Crippen molar-refractivity contribution in [3.05, 3.63) is 0 Å². The number of hydrogen-bond acceptors (Lipinski definition) is 7. The van der Waals surface area contributed by atoms with Crippen LogP contribution in [-0.4, -0.2) is 62.3 Å². The van der Waals surface area contributed by atoms with Gasteiger partial charge in [0.1, 0.15) is 12.7 Å². The minimum absolute atomic E-state index is 0.120. The Balaban J connectivity index is -0.000000270. The van der Waals surface area contributed by atoms with Crippen LogP contribution in [0.5, 0.6) is 0 Å². The van der Waals surface area contributed by atoms with Crippen molar-refractivity contribution in [1.82, 2.24) is 0 Å². The zero-order chi connectivity index (χ0) is 15.0. The summed E-state index contributed by atoms with van der Waals surface area (Å²) in [5.74, 6) is -0.742. The zero-order valence-corrected chi connectivity index (χ0v) is 11.6. The van der Waals surface area contributed by atoms with Gasteiger partial charge in [-0.2, -0.15) is 0 Å². The summed E-state index contributed by atoms with van der Waals surface area (Å²) in [6.07, 6.45) is -0.364. The van der Waals surface area contributed by atoms with Gasteiger partial charge in [0.05, 0.1) is 13.2 Å². The second kappa shape index (κ2) is 18.2. The first-order chi connectivity index (χ1) is 8.43. The lowest BCUT2D eigenvalue weighted by Crippen LogP contribution is -2.19. The molecule has 0 fully saturated rings. The minimum atomic E-state index is -0.371. The molecule has 0 spiro atoms. The first-order valence-electron chi connectivity index (χ1n) is 5.29. The Labute approximate surface area is 108 Å². The van der Waals surface area contributed by atoms with Gasteiger partial charge in [-0.05, 0) is 6.92 Å². The quantitative estimate of drug-likeness (QED) is 0.662. The van der Waals surface area contributed by atoms with E-state index in [9.17, 15) is 9.59 Å². The van der Waals surface area contributed by atoms with E-state index in [4.69, 9.17) is 10.2 Å². The summed E-state index contributed by atoms with van der Waals surface area (Å²) in [7, 11) is 2.55. The molecule has 0 aromatic carbocycles. The Morgan fingerprint density at radius 3 is 1.89 bits per heavy atom. The average Bonchev–Trinajstić information content (AvgIpc) is 2.30. The summed E-state index contributed by atoms with van der Waals surface area (Å²) in [6.45, 7) is 4.96. The second-order valence-electron chi connectivity index (χ2n) is 2.94.